The van der Waals surface area contributed by atoms with Crippen LogP contribution in [-0.2, 0) is 6.42 Å². The Morgan fingerprint density at radius 3 is 2.65 bits per heavy atom. The molecule has 0 saturated carbocycles. The highest BCUT2D eigenvalue weighted by molar-refractivity contribution is 7.17. The van der Waals surface area contributed by atoms with E-state index in [-0.39, 0.29) is 0 Å². The topological polar surface area (TPSA) is 53.4 Å². The molecule has 5 heteroatoms. The standard InChI is InChI=1S/C12H20N2O2S/c1-5-7-9-10(11(15)16)17-12(13-9)14(4)8(3)6-2/h8H,5-7H2,1-4H3,(H,15,16). The molecule has 0 aliphatic rings. The molecule has 96 valence electrons. The average molecular weight is 256 g/mol. The lowest BCUT2D eigenvalue weighted by Crippen LogP contribution is -2.27. The van der Waals surface area contributed by atoms with E-state index in [1.807, 2.05) is 14.0 Å². The molecule has 0 aliphatic carbocycles. The predicted octanol–water partition coefficient (Wildman–Crippen LogP) is 3.03. The maximum Gasteiger partial charge on any atom is 0.347 e. The Bertz CT molecular complexity index is 390. The Labute approximate surface area is 106 Å². The molecule has 0 saturated heterocycles. The fourth-order valence-corrected chi connectivity index (χ4v) is 2.54. The minimum atomic E-state index is -0.866. The van der Waals surface area contributed by atoms with Crippen LogP contribution in [0, 0.1) is 0 Å². The molecule has 0 aromatic carbocycles. The first-order valence-corrected chi connectivity index (χ1v) is 6.78. The molecule has 1 aromatic heterocycles. The molecule has 1 unspecified atom stereocenters. The van der Waals surface area contributed by atoms with Crippen molar-refractivity contribution in [3.05, 3.63) is 10.6 Å². The van der Waals surface area contributed by atoms with Crippen molar-refractivity contribution in [1.29, 1.82) is 0 Å². The second-order valence-corrected chi connectivity index (χ2v) is 5.17. The van der Waals surface area contributed by atoms with E-state index in [2.05, 4.69) is 23.7 Å². The zero-order chi connectivity index (χ0) is 13.0. The van der Waals surface area contributed by atoms with Gasteiger partial charge in [0.1, 0.15) is 4.88 Å². The summed E-state index contributed by atoms with van der Waals surface area (Å²) in [4.78, 5) is 18.0. The van der Waals surface area contributed by atoms with Crippen LogP contribution in [-0.4, -0.2) is 29.1 Å². The molecule has 1 atom stereocenters. The number of anilines is 1. The average Bonchev–Trinajstić information content (AvgIpc) is 2.71. The second kappa shape index (κ2) is 6.00. The van der Waals surface area contributed by atoms with Crippen LogP contribution < -0.4 is 4.90 Å². The summed E-state index contributed by atoms with van der Waals surface area (Å²) >= 11 is 1.27. The number of carboxylic acids is 1. The van der Waals surface area contributed by atoms with Gasteiger partial charge in [0, 0.05) is 13.1 Å². The van der Waals surface area contributed by atoms with Gasteiger partial charge in [0.25, 0.3) is 0 Å². The molecule has 0 fully saturated rings. The van der Waals surface area contributed by atoms with Gasteiger partial charge in [-0.2, -0.15) is 0 Å². The van der Waals surface area contributed by atoms with Gasteiger partial charge >= 0.3 is 5.97 Å². The van der Waals surface area contributed by atoms with Crippen molar-refractivity contribution < 1.29 is 9.90 Å². The van der Waals surface area contributed by atoms with Crippen molar-refractivity contribution in [2.24, 2.45) is 0 Å². The van der Waals surface area contributed by atoms with Crippen LogP contribution in [0.4, 0.5) is 5.13 Å². The third kappa shape index (κ3) is 3.19. The number of carboxylic acid groups (broad SMARTS) is 1. The first-order chi connectivity index (χ1) is 8.01. The molecule has 4 nitrogen and oxygen atoms in total. The molecule has 17 heavy (non-hydrogen) atoms. The number of aromatic nitrogens is 1. The first-order valence-electron chi connectivity index (χ1n) is 5.97. The molecule has 1 aromatic rings. The van der Waals surface area contributed by atoms with E-state index in [1.165, 1.54) is 11.3 Å². The molecule has 1 N–H and O–H groups in total. The number of thiazole rings is 1. The van der Waals surface area contributed by atoms with Crippen molar-refractivity contribution in [2.75, 3.05) is 11.9 Å². The number of carbonyl (C=O) groups is 1. The Morgan fingerprint density at radius 2 is 2.18 bits per heavy atom. The van der Waals surface area contributed by atoms with E-state index in [4.69, 9.17) is 5.11 Å². The largest absolute Gasteiger partial charge is 0.477 e. The molecule has 0 amide bonds. The summed E-state index contributed by atoms with van der Waals surface area (Å²) in [6.07, 6.45) is 2.66. The summed E-state index contributed by atoms with van der Waals surface area (Å²) in [6, 6.07) is 0.372. The second-order valence-electron chi connectivity index (χ2n) is 4.20. The van der Waals surface area contributed by atoms with E-state index in [0.717, 1.165) is 30.1 Å². The summed E-state index contributed by atoms with van der Waals surface area (Å²) < 4.78 is 0. The fraction of sp³-hybridized carbons (Fsp3) is 0.667. The lowest BCUT2D eigenvalue weighted by atomic mass is 10.2. The molecule has 0 bridgehead atoms. The van der Waals surface area contributed by atoms with Crippen LogP contribution in [0.25, 0.3) is 0 Å². The number of aromatic carboxylic acids is 1. The fourth-order valence-electron chi connectivity index (χ4n) is 1.53. The molecular weight excluding hydrogens is 236 g/mol. The minimum Gasteiger partial charge on any atom is -0.477 e. The normalized spacial score (nSPS) is 12.5. The number of rotatable bonds is 6. The monoisotopic (exact) mass is 256 g/mol. The lowest BCUT2D eigenvalue weighted by molar-refractivity contribution is 0.0700. The number of hydrogen-bond donors (Lipinski definition) is 1. The molecule has 1 heterocycles. The van der Waals surface area contributed by atoms with Gasteiger partial charge in [-0.1, -0.05) is 31.6 Å². The Hall–Kier alpha value is -1.10. The quantitative estimate of drug-likeness (QED) is 0.850. The van der Waals surface area contributed by atoms with Crippen LogP contribution >= 0.6 is 11.3 Å². The smallest absolute Gasteiger partial charge is 0.347 e. The number of nitrogens with zero attached hydrogens (tertiary/aromatic N) is 2. The van der Waals surface area contributed by atoms with E-state index < -0.39 is 5.97 Å². The molecular formula is C12H20N2O2S. The van der Waals surface area contributed by atoms with Crippen molar-refractivity contribution in [3.8, 4) is 0 Å². The lowest BCUT2D eigenvalue weighted by Gasteiger charge is -2.22. The summed E-state index contributed by atoms with van der Waals surface area (Å²) in [5, 5.41) is 9.94. The summed E-state index contributed by atoms with van der Waals surface area (Å²) in [7, 11) is 1.97. The van der Waals surface area contributed by atoms with Crippen LogP contribution in [0.2, 0.25) is 0 Å². The van der Waals surface area contributed by atoms with Gasteiger partial charge in [0.15, 0.2) is 5.13 Å². The maximum atomic E-state index is 11.1. The third-order valence-corrected chi connectivity index (χ3v) is 4.10. The van der Waals surface area contributed by atoms with Gasteiger partial charge in [-0.25, -0.2) is 9.78 Å². The highest BCUT2D eigenvalue weighted by atomic mass is 32.1. The van der Waals surface area contributed by atoms with Gasteiger partial charge in [0.05, 0.1) is 5.69 Å². The molecule has 0 radical (unpaired) electrons. The number of aryl methyl sites for hydroxylation is 1. The number of hydrogen-bond acceptors (Lipinski definition) is 4. The van der Waals surface area contributed by atoms with Gasteiger partial charge < -0.3 is 10.0 Å². The molecule has 0 aliphatic heterocycles. The zero-order valence-corrected chi connectivity index (χ0v) is 11.7. The molecule has 0 spiro atoms. The van der Waals surface area contributed by atoms with Gasteiger partial charge in [-0.05, 0) is 19.8 Å². The zero-order valence-electron chi connectivity index (χ0n) is 10.9. The first kappa shape index (κ1) is 14.0. The van der Waals surface area contributed by atoms with E-state index in [1.54, 1.807) is 0 Å². The van der Waals surface area contributed by atoms with Gasteiger partial charge in [-0.3, -0.25) is 0 Å². The SMILES string of the molecule is CCCc1nc(N(C)C(C)CC)sc1C(=O)O. The highest BCUT2D eigenvalue weighted by Crippen LogP contribution is 2.28. The minimum absolute atomic E-state index is 0.372. The van der Waals surface area contributed by atoms with Crippen LogP contribution in [0.1, 0.15) is 49.0 Å². The third-order valence-electron chi connectivity index (χ3n) is 2.92. The van der Waals surface area contributed by atoms with E-state index >= 15 is 0 Å². The highest BCUT2D eigenvalue weighted by Gasteiger charge is 2.20. The van der Waals surface area contributed by atoms with E-state index in [0.29, 0.717) is 10.9 Å². The maximum absolute atomic E-state index is 11.1. The Kier molecular flexibility index (Phi) is 4.93. The van der Waals surface area contributed by atoms with Gasteiger partial charge in [0.2, 0.25) is 0 Å². The van der Waals surface area contributed by atoms with Crippen molar-refractivity contribution in [2.45, 2.75) is 46.1 Å². The van der Waals surface area contributed by atoms with Crippen LogP contribution in [0.5, 0.6) is 0 Å². The van der Waals surface area contributed by atoms with Gasteiger partial charge in [-0.15, -0.1) is 0 Å². The van der Waals surface area contributed by atoms with Crippen molar-refractivity contribution >= 4 is 22.4 Å². The Morgan fingerprint density at radius 1 is 1.53 bits per heavy atom. The Balaban J connectivity index is 3.02. The summed E-state index contributed by atoms with van der Waals surface area (Å²) in [5.74, 6) is -0.866. The van der Waals surface area contributed by atoms with Crippen molar-refractivity contribution in [1.82, 2.24) is 4.98 Å². The van der Waals surface area contributed by atoms with Crippen LogP contribution in [0.3, 0.4) is 0 Å². The van der Waals surface area contributed by atoms with E-state index in [9.17, 15) is 4.79 Å². The summed E-state index contributed by atoms with van der Waals surface area (Å²) in [5.41, 5.74) is 0.718. The molecule has 1 rings (SSSR count). The summed E-state index contributed by atoms with van der Waals surface area (Å²) in [6.45, 7) is 6.25. The van der Waals surface area contributed by atoms with Crippen molar-refractivity contribution in [3.63, 3.8) is 0 Å². The van der Waals surface area contributed by atoms with Crippen LogP contribution in [0.15, 0.2) is 0 Å². The predicted molar refractivity (Wildman–Crippen MR) is 71.2 cm³/mol.